The average Bonchev–Trinajstić information content (AvgIpc) is 2.34. The van der Waals surface area contributed by atoms with Gasteiger partial charge in [0.25, 0.3) is 0 Å². The van der Waals surface area contributed by atoms with Crippen molar-refractivity contribution in [3.8, 4) is 0 Å². The van der Waals surface area contributed by atoms with Gasteiger partial charge in [-0.05, 0) is 12.3 Å². The second-order valence-corrected chi connectivity index (χ2v) is 4.09. The van der Waals surface area contributed by atoms with Crippen molar-refractivity contribution in [3.05, 3.63) is 0 Å². The SMILES string of the molecule is CCCCC(C)CCCCC(=O)O.N=C=O.N=C=O. The maximum Gasteiger partial charge on any atom is 0.303 e. The fourth-order valence-corrected chi connectivity index (χ4v) is 1.47. The predicted molar refractivity (Wildman–Crippen MR) is 71.6 cm³/mol. The molecule has 0 aliphatic heterocycles. The average molecular weight is 272 g/mol. The van der Waals surface area contributed by atoms with Crippen LogP contribution in [0.5, 0.6) is 0 Å². The minimum Gasteiger partial charge on any atom is -0.481 e. The first-order valence-electron chi connectivity index (χ1n) is 6.29. The Kier molecular flexibility index (Phi) is 25.4. The highest BCUT2D eigenvalue weighted by molar-refractivity contribution is 5.66. The molecule has 0 aliphatic carbocycles. The molecule has 1 atom stereocenters. The number of isocyanates is 2. The molecule has 19 heavy (non-hydrogen) atoms. The third-order valence-corrected chi connectivity index (χ3v) is 2.39. The van der Waals surface area contributed by atoms with Gasteiger partial charge in [0.2, 0.25) is 12.2 Å². The van der Waals surface area contributed by atoms with Gasteiger partial charge >= 0.3 is 5.97 Å². The molecule has 0 radical (unpaired) electrons. The molecule has 0 saturated carbocycles. The number of nitrogens with one attached hydrogen (secondary N) is 2. The van der Waals surface area contributed by atoms with Crippen LogP contribution in [0.4, 0.5) is 0 Å². The molecule has 6 nitrogen and oxygen atoms in total. The predicted octanol–water partition coefficient (Wildman–Crippen LogP) is 3.26. The molecule has 6 heteroatoms. The van der Waals surface area contributed by atoms with Crippen LogP contribution in [0.2, 0.25) is 0 Å². The first-order valence-corrected chi connectivity index (χ1v) is 6.29. The number of unbranched alkanes of at least 4 members (excludes halogenated alkanes) is 2. The first kappa shape index (κ1) is 22.4. The summed E-state index contributed by atoms with van der Waals surface area (Å²) >= 11 is 0. The van der Waals surface area contributed by atoms with E-state index in [-0.39, 0.29) is 0 Å². The lowest BCUT2D eigenvalue weighted by Crippen LogP contribution is -1.97. The zero-order valence-corrected chi connectivity index (χ0v) is 11.7. The number of carboxylic acid groups (broad SMARTS) is 1. The molecular weight excluding hydrogens is 248 g/mol. The van der Waals surface area contributed by atoms with Crippen molar-refractivity contribution >= 4 is 18.1 Å². The lowest BCUT2D eigenvalue weighted by molar-refractivity contribution is -0.137. The van der Waals surface area contributed by atoms with E-state index >= 15 is 0 Å². The van der Waals surface area contributed by atoms with Crippen LogP contribution < -0.4 is 0 Å². The van der Waals surface area contributed by atoms with E-state index in [1.165, 1.54) is 25.7 Å². The molecule has 110 valence electrons. The summed E-state index contributed by atoms with van der Waals surface area (Å²) in [5.74, 6) is 0.106. The van der Waals surface area contributed by atoms with Crippen LogP contribution in [-0.2, 0) is 14.4 Å². The van der Waals surface area contributed by atoms with E-state index in [0.29, 0.717) is 6.42 Å². The van der Waals surface area contributed by atoms with E-state index in [9.17, 15) is 4.79 Å². The van der Waals surface area contributed by atoms with Crippen molar-refractivity contribution < 1.29 is 19.5 Å². The van der Waals surface area contributed by atoms with Crippen molar-refractivity contribution in [3.63, 3.8) is 0 Å². The van der Waals surface area contributed by atoms with E-state index in [2.05, 4.69) is 13.8 Å². The molecule has 0 fully saturated rings. The van der Waals surface area contributed by atoms with Gasteiger partial charge < -0.3 is 5.11 Å². The molecular formula is C13H24N2O4. The Bertz CT molecular complexity index is 256. The quantitative estimate of drug-likeness (QED) is 0.357. The second-order valence-electron chi connectivity index (χ2n) is 4.09. The summed E-state index contributed by atoms with van der Waals surface area (Å²) < 4.78 is 0. The Morgan fingerprint density at radius 3 is 1.89 bits per heavy atom. The Balaban J connectivity index is -0.000000360. The van der Waals surface area contributed by atoms with E-state index in [1.54, 1.807) is 0 Å². The van der Waals surface area contributed by atoms with Gasteiger partial charge in [-0.2, -0.15) is 0 Å². The summed E-state index contributed by atoms with van der Waals surface area (Å²) in [4.78, 5) is 26.9. The Morgan fingerprint density at radius 1 is 1.11 bits per heavy atom. The maximum atomic E-state index is 10.2. The number of rotatable bonds is 8. The Hall–Kier alpha value is -1.77. The van der Waals surface area contributed by atoms with Gasteiger partial charge in [-0.3, -0.25) is 4.79 Å². The first-order chi connectivity index (χ1) is 8.99. The van der Waals surface area contributed by atoms with Crippen LogP contribution in [-0.4, -0.2) is 23.2 Å². The number of carboxylic acids is 1. The second kappa shape index (κ2) is 21.5. The van der Waals surface area contributed by atoms with Crippen LogP contribution in [0, 0.1) is 16.7 Å². The summed E-state index contributed by atoms with van der Waals surface area (Å²) in [5, 5.41) is 19.2. The molecule has 0 rings (SSSR count). The van der Waals surface area contributed by atoms with Crippen molar-refractivity contribution in [1.29, 1.82) is 10.8 Å². The summed E-state index contributed by atoms with van der Waals surface area (Å²) in [6.07, 6.45) is 8.79. The minimum atomic E-state index is -0.666. The molecule has 0 saturated heterocycles. The van der Waals surface area contributed by atoms with Crippen LogP contribution in [0.1, 0.15) is 58.8 Å². The monoisotopic (exact) mass is 272 g/mol. The minimum absolute atomic E-state index is 0.334. The molecule has 0 aliphatic rings. The third-order valence-electron chi connectivity index (χ3n) is 2.39. The van der Waals surface area contributed by atoms with Crippen molar-refractivity contribution in [1.82, 2.24) is 0 Å². The molecule has 0 heterocycles. The van der Waals surface area contributed by atoms with Crippen LogP contribution in [0.15, 0.2) is 0 Å². The maximum absolute atomic E-state index is 10.2. The fourth-order valence-electron chi connectivity index (χ4n) is 1.47. The molecule has 0 bridgehead atoms. The summed E-state index contributed by atoms with van der Waals surface area (Å²) in [6, 6.07) is 0. The van der Waals surface area contributed by atoms with Gasteiger partial charge in [-0.25, -0.2) is 20.4 Å². The molecule has 0 aromatic carbocycles. The zero-order valence-electron chi connectivity index (χ0n) is 11.7. The summed E-state index contributed by atoms with van der Waals surface area (Å²) in [5.41, 5.74) is 0. The van der Waals surface area contributed by atoms with E-state index < -0.39 is 5.97 Å². The highest BCUT2D eigenvalue weighted by atomic mass is 16.4. The lowest BCUT2D eigenvalue weighted by Gasteiger charge is -2.09. The Labute approximate surface area is 114 Å². The summed E-state index contributed by atoms with van der Waals surface area (Å²) in [7, 11) is 0. The lowest BCUT2D eigenvalue weighted by atomic mass is 9.97. The number of hydrogen-bond donors (Lipinski definition) is 3. The molecule has 3 N–H and O–H groups in total. The molecule has 1 unspecified atom stereocenters. The van der Waals surface area contributed by atoms with Gasteiger partial charge in [0.05, 0.1) is 0 Å². The molecule has 0 aromatic heterocycles. The highest BCUT2D eigenvalue weighted by Gasteiger charge is 2.02. The number of hydrogen-bond acceptors (Lipinski definition) is 5. The normalized spacial score (nSPS) is 9.58. The highest BCUT2D eigenvalue weighted by Crippen LogP contribution is 2.15. The largest absolute Gasteiger partial charge is 0.481 e. The topological polar surface area (TPSA) is 119 Å². The third kappa shape index (κ3) is 38.6. The van der Waals surface area contributed by atoms with E-state index in [0.717, 1.165) is 30.9 Å². The fraction of sp³-hybridized carbons (Fsp3) is 0.769. The van der Waals surface area contributed by atoms with Crippen LogP contribution in [0.3, 0.4) is 0 Å². The summed E-state index contributed by atoms with van der Waals surface area (Å²) in [6.45, 7) is 4.47. The standard InChI is InChI=1S/C11H22O2.2CHNO/c1-3-4-7-10(2)8-5-6-9-11(12)13;2*2-1-3/h10H,3-9H2,1-2H3,(H,12,13);2*2H. The molecule has 0 amide bonds. The van der Waals surface area contributed by atoms with Crippen molar-refractivity contribution in [2.24, 2.45) is 5.92 Å². The van der Waals surface area contributed by atoms with E-state index in [1.807, 2.05) is 0 Å². The van der Waals surface area contributed by atoms with Gasteiger partial charge in [0.1, 0.15) is 0 Å². The molecule has 0 aromatic rings. The number of aliphatic carboxylic acids is 1. The van der Waals surface area contributed by atoms with Gasteiger partial charge in [0.15, 0.2) is 0 Å². The molecule has 0 spiro atoms. The smallest absolute Gasteiger partial charge is 0.303 e. The number of carbonyl (C=O) groups is 1. The number of carbonyl (C=O) groups excluding carboxylic acids is 2. The van der Waals surface area contributed by atoms with Gasteiger partial charge in [-0.15, -0.1) is 0 Å². The van der Waals surface area contributed by atoms with Crippen LogP contribution in [0.25, 0.3) is 0 Å². The van der Waals surface area contributed by atoms with Crippen molar-refractivity contribution in [2.75, 3.05) is 0 Å². The van der Waals surface area contributed by atoms with Gasteiger partial charge in [0, 0.05) is 6.42 Å². The van der Waals surface area contributed by atoms with E-state index in [4.69, 9.17) is 25.5 Å². The van der Waals surface area contributed by atoms with Gasteiger partial charge in [-0.1, -0.05) is 46.0 Å². The van der Waals surface area contributed by atoms with Crippen molar-refractivity contribution in [2.45, 2.75) is 58.8 Å². The zero-order chi connectivity index (χ0) is 15.5. The Morgan fingerprint density at radius 2 is 1.53 bits per heavy atom. The van der Waals surface area contributed by atoms with Crippen LogP contribution >= 0.6 is 0 Å².